The van der Waals surface area contributed by atoms with E-state index in [4.69, 9.17) is 5.73 Å². The van der Waals surface area contributed by atoms with E-state index in [2.05, 4.69) is 24.9 Å². The molecule has 4 rings (SSSR count). The van der Waals surface area contributed by atoms with Crippen LogP contribution in [0.15, 0.2) is 48.5 Å². The fraction of sp³-hybridized carbons (Fsp3) is 0.105. The molecule has 0 fully saturated rings. The maximum Gasteiger partial charge on any atom is 0.250 e. The van der Waals surface area contributed by atoms with Crippen LogP contribution in [0.2, 0.25) is 0 Å². The molecule has 0 spiro atoms. The largest absolute Gasteiger partial charge is 0.366 e. The molecule has 0 unspecified atom stereocenters. The molecule has 27 heavy (non-hydrogen) atoms. The first-order chi connectivity index (χ1) is 13.1. The van der Waals surface area contributed by atoms with Crippen LogP contribution < -0.4 is 11.1 Å². The van der Waals surface area contributed by atoms with Gasteiger partial charge in [0.15, 0.2) is 11.6 Å². The number of primary amides is 1. The Balaban J connectivity index is 1.70. The SMILES string of the molecule is Cc1nnc(-c2snc3c(C(N)=O)cccc23)nc1NCc1ccccc1. The number of amides is 1. The minimum absolute atomic E-state index is 0.387. The van der Waals surface area contributed by atoms with Gasteiger partial charge in [0.25, 0.3) is 5.91 Å². The number of carbonyl (C=O) groups is 1. The van der Waals surface area contributed by atoms with E-state index in [0.29, 0.717) is 35.0 Å². The highest BCUT2D eigenvalue weighted by Gasteiger charge is 2.17. The third-order valence-electron chi connectivity index (χ3n) is 4.14. The Morgan fingerprint density at radius 3 is 2.70 bits per heavy atom. The summed E-state index contributed by atoms with van der Waals surface area (Å²) in [5.41, 5.74) is 8.24. The number of benzene rings is 2. The number of nitrogens with two attached hydrogens (primary N) is 1. The summed E-state index contributed by atoms with van der Waals surface area (Å²) in [7, 11) is 0. The molecule has 3 N–H and O–H groups in total. The third kappa shape index (κ3) is 3.34. The maximum absolute atomic E-state index is 11.6. The van der Waals surface area contributed by atoms with Crippen molar-refractivity contribution in [2.24, 2.45) is 5.73 Å². The van der Waals surface area contributed by atoms with Crippen LogP contribution in [0.25, 0.3) is 21.6 Å². The average Bonchev–Trinajstić information content (AvgIpc) is 3.12. The Bertz CT molecular complexity index is 1130. The highest BCUT2D eigenvalue weighted by Crippen LogP contribution is 2.32. The molecule has 0 saturated carbocycles. The van der Waals surface area contributed by atoms with Crippen LogP contribution in [0.5, 0.6) is 0 Å². The van der Waals surface area contributed by atoms with Crippen LogP contribution >= 0.6 is 11.5 Å². The van der Waals surface area contributed by atoms with E-state index in [1.165, 1.54) is 11.5 Å². The van der Waals surface area contributed by atoms with Gasteiger partial charge in [-0.1, -0.05) is 42.5 Å². The summed E-state index contributed by atoms with van der Waals surface area (Å²) < 4.78 is 4.37. The fourth-order valence-electron chi connectivity index (χ4n) is 2.75. The number of nitrogens with one attached hydrogen (secondary N) is 1. The van der Waals surface area contributed by atoms with Gasteiger partial charge in [-0.25, -0.2) is 4.98 Å². The van der Waals surface area contributed by atoms with Gasteiger partial charge in [-0.05, 0) is 30.1 Å². The molecule has 0 aliphatic heterocycles. The number of anilines is 1. The van der Waals surface area contributed by atoms with Gasteiger partial charge in [-0.2, -0.15) is 4.37 Å². The van der Waals surface area contributed by atoms with Gasteiger partial charge in [-0.3, -0.25) is 4.79 Å². The molecule has 2 aromatic carbocycles. The highest BCUT2D eigenvalue weighted by atomic mass is 32.1. The Morgan fingerprint density at radius 1 is 1.11 bits per heavy atom. The van der Waals surface area contributed by atoms with E-state index < -0.39 is 5.91 Å². The first kappa shape index (κ1) is 17.0. The van der Waals surface area contributed by atoms with Crippen molar-refractivity contribution in [3.8, 4) is 10.7 Å². The van der Waals surface area contributed by atoms with Crippen molar-refractivity contribution in [3.05, 3.63) is 65.4 Å². The Kier molecular flexibility index (Phi) is 4.47. The minimum Gasteiger partial charge on any atom is -0.366 e. The lowest BCUT2D eigenvalue weighted by Gasteiger charge is -2.08. The molecular formula is C19H16N6OS. The number of carbonyl (C=O) groups excluding carboxylic acids is 1. The molecule has 0 radical (unpaired) electrons. The van der Waals surface area contributed by atoms with Crippen molar-refractivity contribution in [3.63, 3.8) is 0 Å². The second kappa shape index (κ2) is 7.08. The van der Waals surface area contributed by atoms with Crippen molar-refractivity contribution in [1.82, 2.24) is 19.6 Å². The number of fused-ring (bicyclic) bond motifs is 1. The molecule has 1 amide bonds. The monoisotopic (exact) mass is 376 g/mol. The van der Waals surface area contributed by atoms with Crippen LogP contribution in [0.4, 0.5) is 5.82 Å². The lowest BCUT2D eigenvalue weighted by Crippen LogP contribution is -2.11. The van der Waals surface area contributed by atoms with Crippen molar-refractivity contribution < 1.29 is 4.79 Å². The fourth-order valence-corrected chi connectivity index (χ4v) is 3.56. The van der Waals surface area contributed by atoms with E-state index in [0.717, 1.165) is 15.8 Å². The molecule has 134 valence electrons. The molecule has 2 heterocycles. The summed E-state index contributed by atoms with van der Waals surface area (Å²) in [6.07, 6.45) is 0. The topological polar surface area (TPSA) is 107 Å². The van der Waals surface area contributed by atoms with E-state index in [1.807, 2.05) is 43.3 Å². The molecule has 0 saturated heterocycles. The van der Waals surface area contributed by atoms with E-state index in [1.54, 1.807) is 12.1 Å². The Hall–Kier alpha value is -3.39. The molecule has 0 aliphatic carbocycles. The van der Waals surface area contributed by atoms with Gasteiger partial charge in [0.2, 0.25) is 0 Å². The van der Waals surface area contributed by atoms with Gasteiger partial charge in [0, 0.05) is 11.9 Å². The lowest BCUT2D eigenvalue weighted by molar-refractivity contribution is 0.100. The van der Waals surface area contributed by atoms with Gasteiger partial charge in [0.05, 0.1) is 11.1 Å². The predicted molar refractivity (Wildman–Crippen MR) is 105 cm³/mol. The van der Waals surface area contributed by atoms with Crippen LogP contribution in [-0.4, -0.2) is 25.5 Å². The van der Waals surface area contributed by atoms with Crippen molar-refractivity contribution in [2.75, 3.05) is 5.32 Å². The van der Waals surface area contributed by atoms with Crippen LogP contribution in [0.1, 0.15) is 21.6 Å². The second-order valence-corrected chi connectivity index (χ2v) is 6.76. The van der Waals surface area contributed by atoms with Gasteiger partial charge < -0.3 is 11.1 Å². The smallest absolute Gasteiger partial charge is 0.250 e. The molecule has 7 nitrogen and oxygen atoms in total. The lowest BCUT2D eigenvalue weighted by atomic mass is 10.1. The molecule has 0 aliphatic rings. The molecule has 0 atom stereocenters. The molecular weight excluding hydrogens is 360 g/mol. The van der Waals surface area contributed by atoms with Gasteiger partial charge in [-0.15, -0.1) is 10.2 Å². The maximum atomic E-state index is 11.6. The standard InChI is InChI=1S/C19H16N6OS/c1-11-18(21-10-12-6-3-2-4-7-12)22-19(24-23-11)16-13-8-5-9-14(17(20)26)15(13)25-27-16/h2-9H,10H2,1H3,(H2,20,26)(H,21,22,24). The van der Waals surface area contributed by atoms with Crippen LogP contribution in [-0.2, 0) is 6.54 Å². The summed E-state index contributed by atoms with van der Waals surface area (Å²) >= 11 is 1.23. The van der Waals surface area contributed by atoms with E-state index in [9.17, 15) is 4.79 Å². The van der Waals surface area contributed by atoms with E-state index in [-0.39, 0.29) is 0 Å². The third-order valence-corrected chi connectivity index (χ3v) is 4.99. The summed E-state index contributed by atoms with van der Waals surface area (Å²) in [4.78, 5) is 17.0. The number of aryl methyl sites for hydroxylation is 1. The molecule has 2 aromatic heterocycles. The zero-order valence-corrected chi connectivity index (χ0v) is 15.3. The minimum atomic E-state index is -0.509. The van der Waals surface area contributed by atoms with Crippen molar-refractivity contribution >= 4 is 34.2 Å². The highest BCUT2D eigenvalue weighted by molar-refractivity contribution is 7.11. The second-order valence-electron chi connectivity index (χ2n) is 5.99. The number of hydrogen-bond donors (Lipinski definition) is 2. The zero-order chi connectivity index (χ0) is 18.8. The van der Waals surface area contributed by atoms with Gasteiger partial charge in [0.1, 0.15) is 10.6 Å². The summed E-state index contributed by atoms with van der Waals surface area (Å²) in [6, 6.07) is 15.4. The number of aromatic nitrogens is 4. The summed E-state index contributed by atoms with van der Waals surface area (Å²) in [5.74, 6) is 0.618. The van der Waals surface area contributed by atoms with Crippen molar-refractivity contribution in [2.45, 2.75) is 13.5 Å². The number of nitrogens with zero attached hydrogens (tertiary/aromatic N) is 4. The predicted octanol–water partition coefficient (Wildman–Crippen LogP) is 3.17. The molecule has 0 bridgehead atoms. The first-order valence-electron chi connectivity index (χ1n) is 8.31. The average molecular weight is 376 g/mol. The Labute approximate surface area is 159 Å². The quantitative estimate of drug-likeness (QED) is 0.554. The van der Waals surface area contributed by atoms with Gasteiger partial charge >= 0.3 is 0 Å². The zero-order valence-electron chi connectivity index (χ0n) is 14.5. The summed E-state index contributed by atoms with van der Waals surface area (Å²) in [6.45, 7) is 2.49. The first-order valence-corrected chi connectivity index (χ1v) is 9.08. The number of rotatable bonds is 5. The normalized spacial score (nSPS) is 10.9. The van der Waals surface area contributed by atoms with E-state index >= 15 is 0 Å². The Morgan fingerprint density at radius 2 is 1.93 bits per heavy atom. The van der Waals surface area contributed by atoms with Crippen molar-refractivity contribution in [1.29, 1.82) is 0 Å². The van der Waals surface area contributed by atoms with Crippen LogP contribution in [0.3, 0.4) is 0 Å². The molecule has 8 heteroatoms. The number of hydrogen-bond acceptors (Lipinski definition) is 7. The molecule has 4 aromatic rings. The van der Waals surface area contributed by atoms with Crippen LogP contribution in [0, 0.1) is 6.92 Å². The summed E-state index contributed by atoms with van der Waals surface area (Å²) in [5, 5.41) is 12.5.